The lowest BCUT2D eigenvalue weighted by molar-refractivity contribution is -0.141. The van der Waals surface area contributed by atoms with E-state index in [1.54, 1.807) is 13.8 Å². The van der Waals surface area contributed by atoms with E-state index < -0.39 is 11.9 Å². The smallest absolute Gasteiger partial charge is 0.308 e. The summed E-state index contributed by atoms with van der Waals surface area (Å²) in [6.45, 7) is 7.52. The molecule has 0 radical (unpaired) electrons. The average Bonchev–Trinajstić information content (AvgIpc) is 2.81. The highest BCUT2D eigenvalue weighted by Crippen LogP contribution is 2.24. The van der Waals surface area contributed by atoms with Gasteiger partial charge in [0.25, 0.3) is 5.91 Å². The fourth-order valence-corrected chi connectivity index (χ4v) is 3.19. The highest BCUT2D eigenvalue weighted by Gasteiger charge is 2.22. The molecule has 0 aliphatic carbocycles. The van der Waals surface area contributed by atoms with Gasteiger partial charge in [-0.3, -0.25) is 9.59 Å². The molecule has 0 aromatic carbocycles. The maximum absolute atomic E-state index is 12.2. The largest absolute Gasteiger partial charge is 0.481 e. The SMILES string of the molecule is CCCc1sc(C(=O)NC(C)C(C)C(=O)O)cc1CC. The van der Waals surface area contributed by atoms with Crippen LogP contribution in [0.1, 0.15) is 54.2 Å². The molecule has 0 fully saturated rings. The van der Waals surface area contributed by atoms with E-state index in [1.807, 2.05) is 6.07 Å². The lowest BCUT2D eigenvalue weighted by atomic mass is 10.0. The Hall–Kier alpha value is -1.36. The molecule has 5 heteroatoms. The van der Waals surface area contributed by atoms with Crippen LogP contribution in [-0.2, 0) is 17.6 Å². The molecule has 2 unspecified atom stereocenters. The quantitative estimate of drug-likeness (QED) is 0.812. The first-order valence-electron chi connectivity index (χ1n) is 7.05. The molecule has 1 rings (SSSR count). The van der Waals surface area contributed by atoms with Crippen LogP contribution < -0.4 is 5.32 Å². The Kier molecular flexibility index (Phi) is 6.20. The van der Waals surface area contributed by atoms with Crippen molar-refractivity contribution in [2.75, 3.05) is 0 Å². The number of carbonyl (C=O) groups excluding carboxylic acids is 1. The second-order valence-electron chi connectivity index (χ2n) is 5.05. The van der Waals surface area contributed by atoms with Crippen molar-refractivity contribution in [1.82, 2.24) is 5.32 Å². The maximum atomic E-state index is 12.2. The molecule has 0 saturated carbocycles. The number of thiophene rings is 1. The summed E-state index contributed by atoms with van der Waals surface area (Å²) in [7, 11) is 0. The summed E-state index contributed by atoms with van der Waals surface area (Å²) < 4.78 is 0. The molecule has 2 atom stereocenters. The lowest BCUT2D eigenvalue weighted by Gasteiger charge is -2.17. The van der Waals surface area contributed by atoms with Gasteiger partial charge in [0.2, 0.25) is 0 Å². The van der Waals surface area contributed by atoms with Gasteiger partial charge < -0.3 is 10.4 Å². The normalized spacial score (nSPS) is 13.8. The number of nitrogens with one attached hydrogen (secondary N) is 1. The minimum absolute atomic E-state index is 0.173. The predicted octanol–water partition coefficient (Wildman–Crippen LogP) is 3.10. The third kappa shape index (κ3) is 4.07. The fraction of sp³-hybridized carbons (Fsp3) is 0.600. The van der Waals surface area contributed by atoms with E-state index in [0.717, 1.165) is 19.3 Å². The molecule has 0 aliphatic rings. The van der Waals surface area contributed by atoms with E-state index in [4.69, 9.17) is 5.11 Å². The summed E-state index contributed by atoms with van der Waals surface area (Å²) in [5, 5.41) is 11.7. The number of aryl methyl sites for hydroxylation is 2. The van der Waals surface area contributed by atoms with E-state index in [1.165, 1.54) is 21.8 Å². The number of rotatable bonds is 7. The first-order valence-corrected chi connectivity index (χ1v) is 7.87. The summed E-state index contributed by atoms with van der Waals surface area (Å²) >= 11 is 1.52. The topological polar surface area (TPSA) is 66.4 Å². The summed E-state index contributed by atoms with van der Waals surface area (Å²) in [6.07, 6.45) is 2.96. The van der Waals surface area contributed by atoms with Crippen molar-refractivity contribution in [3.8, 4) is 0 Å². The van der Waals surface area contributed by atoms with Gasteiger partial charge in [-0.2, -0.15) is 0 Å². The van der Waals surface area contributed by atoms with Crippen LogP contribution in [0.2, 0.25) is 0 Å². The predicted molar refractivity (Wildman–Crippen MR) is 81.4 cm³/mol. The van der Waals surface area contributed by atoms with E-state index in [0.29, 0.717) is 4.88 Å². The van der Waals surface area contributed by atoms with E-state index in [9.17, 15) is 9.59 Å². The van der Waals surface area contributed by atoms with Crippen molar-refractivity contribution >= 4 is 23.2 Å². The van der Waals surface area contributed by atoms with E-state index >= 15 is 0 Å². The molecule has 1 aromatic rings. The maximum Gasteiger partial charge on any atom is 0.308 e. The molecular formula is C15H23NO3S. The Labute approximate surface area is 124 Å². The van der Waals surface area contributed by atoms with Crippen LogP contribution >= 0.6 is 11.3 Å². The van der Waals surface area contributed by atoms with E-state index in [2.05, 4.69) is 19.2 Å². The van der Waals surface area contributed by atoms with Crippen LogP contribution in [0.15, 0.2) is 6.07 Å². The van der Waals surface area contributed by atoms with Gasteiger partial charge in [0.15, 0.2) is 0 Å². The van der Waals surface area contributed by atoms with Crippen LogP contribution in [0.3, 0.4) is 0 Å². The molecule has 0 aliphatic heterocycles. The number of carbonyl (C=O) groups is 2. The standard InChI is InChI=1S/C15H23NO3S/c1-5-7-12-11(6-2)8-13(20-12)14(17)16-10(4)9(3)15(18)19/h8-10H,5-7H2,1-4H3,(H,16,17)(H,18,19). The van der Waals surface area contributed by atoms with Crippen molar-refractivity contribution in [2.45, 2.75) is 53.0 Å². The summed E-state index contributed by atoms with van der Waals surface area (Å²) in [5.74, 6) is -1.67. The highest BCUT2D eigenvalue weighted by molar-refractivity contribution is 7.14. The fourth-order valence-electron chi connectivity index (χ4n) is 1.93. The van der Waals surface area contributed by atoms with Gasteiger partial charge in [-0.25, -0.2) is 0 Å². The van der Waals surface area contributed by atoms with Gasteiger partial charge in [-0.1, -0.05) is 20.3 Å². The minimum Gasteiger partial charge on any atom is -0.481 e. The lowest BCUT2D eigenvalue weighted by Crippen LogP contribution is -2.39. The first kappa shape index (κ1) is 16.7. The van der Waals surface area contributed by atoms with Gasteiger partial charge >= 0.3 is 5.97 Å². The zero-order valence-electron chi connectivity index (χ0n) is 12.5. The van der Waals surface area contributed by atoms with E-state index in [-0.39, 0.29) is 11.9 Å². The number of aliphatic carboxylic acids is 1. The van der Waals surface area contributed by atoms with Crippen molar-refractivity contribution < 1.29 is 14.7 Å². The summed E-state index contributed by atoms with van der Waals surface area (Å²) in [4.78, 5) is 25.0. The number of amides is 1. The van der Waals surface area contributed by atoms with Crippen molar-refractivity contribution in [3.63, 3.8) is 0 Å². The minimum atomic E-state index is -0.898. The van der Waals surface area contributed by atoms with Gasteiger partial charge in [0.05, 0.1) is 10.8 Å². The van der Waals surface area contributed by atoms with Gasteiger partial charge in [-0.15, -0.1) is 11.3 Å². The summed E-state index contributed by atoms with van der Waals surface area (Å²) in [5.41, 5.74) is 1.22. The monoisotopic (exact) mass is 297 g/mol. The zero-order chi connectivity index (χ0) is 15.3. The second kappa shape index (κ2) is 7.43. The Morgan fingerprint density at radius 1 is 1.35 bits per heavy atom. The summed E-state index contributed by atoms with van der Waals surface area (Å²) in [6, 6.07) is 1.55. The molecule has 0 bridgehead atoms. The molecular weight excluding hydrogens is 274 g/mol. The van der Waals surface area contributed by atoms with Crippen LogP contribution in [0, 0.1) is 5.92 Å². The molecule has 2 N–H and O–H groups in total. The molecule has 112 valence electrons. The number of hydrogen-bond acceptors (Lipinski definition) is 3. The van der Waals surface area contributed by atoms with Crippen LogP contribution in [-0.4, -0.2) is 23.0 Å². The Morgan fingerprint density at radius 2 is 2.00 bits per heavy atom. The molecule has 20 heavy (non-hydrogen) atoms. The van der Waals surface area contributed by atoms with Crippen LogP contribution in [0.4, 0.5) is 0 Å². The number of carboxylic acid groups (broad SMARTS) is 1. The Balaban J connectivity index is 2.79. The first-order chi connectivity index (χ1) is 9.40. The van der Waals surface area contributed by atoms with Crippen molar-refractivity contribution in [2.24, 2.45) is 5.92 Å². The van der Waals surface area contributed by atoms with Crippen molar-refractivity contribution in [1.29, 1.82) is 0 Å². The molecule has 4 nitrogen and oxygen atoms in total. The molecule has 1 amide bonds. The number of carboxylic acids is 1. The average molecular weight is 297 g/mol. The third-order valence-electron chi connectivity index (χ3n) is 3.48. The van der Waals surface area contributed by atoms with Gasteiger partial charge in [0.1, 0.15) is 0 Å². The highest BCUT2D eigenvalue weighted by atomic mass is 32.1. The second-order valence-corrected chi connectivity index (χ2v) is 6.19. The molecule has 0 spiro atoms. The molecule has 0 saturated heterocycles. The Bertz CT molecular complexity index is 481. The van der Waals surface area contributed by atoms with Crippen molar-refractivity contribution in [3.05, 3.63) is 21.4 Å². The Morgan fingerprint density at radius 3 is 2.50 bits per heavy atom. The molecule has 1 heterocycles. The zero-order valence-corrected chi connectivity index (χ0v) is 13.3. The van der Waals surface area contributed by atoms with Crippen LogP contribution in [0.5, 0.6) is 0 Å². The third-order valence-corrected chi connectivity index (χ3v) is 4.71. The van der Waals surface area contributed by atoms with Crippen LogP contribution in [0.25, 0.3) is 0 Å². The molecule has 1 aromatic heterocycles. The van der Waals surface area contributed by atoms with Gasteiger partial charge in [-0.05, 0) is 38.3 Å². The van der Waals surface area contributed by atoms with Gasteiger partial charge in [0, 0.05) is 10.9 Å². The number of hydrogen-bond donors (Lipinski definition) is 2.